The van der Waals surface area contributed by atoms with Crippen molar-refractivity contribution in [3.8, 4) is 0 Å². The van der Waals surface area contributed by atoms with E-state index in [4.69, 9.17) is 14.5 Å². The highest BCUT2D eigenvalue weighted by Crippen LogP contribution is 2.18. The van der Waals surface area contributed by atoms with Gasteiger partial charge in [-0.25, -0.2) is 4.99 Å². The molecule has 2 saturated heterocycles. The minimum atomic E-state index is 0. The van der Waals surface area contributed by atoms with Crippen molar-refractivity contribution in [2.75, 3.05) is 53.0 Å². The molecule has 2 aliphatic heterocycles. The van der Waals surface area contributed by atoms with Crippen LogP contribution in [0.15, 0.2) is 29.3 Å². The van der Waals surface area contributed by atoms with Gasteiger partial charge in [-0.15, -0.1) is 24.0 Å². The van der Waals surface area contributed by atoms with E-state index in [9.17, 15) is 0 Å². The molecular formula is C20H33IN4O2. The molecule has 0 saturated carbocycles. The average Bonchev–Trinajstić information content (AvgIpc) is 3.17. The van der Waals surface area contributed by atoms with E-state index in [0.29, 0.717) is 19.2 Å². The summed E-state index contributed by atoms with van der Waals surface area (Å²) in [6, 6.07) is 9.00. The zero-order valence-electron chi connectivity index (χ0n) is 16.5. The van der Waals surface area contributed by atoms with Gasteiger partial charge in [-0.2, -0.15) is 0 Å². The van der Waals surface area contributed by atoms with Gasteiger partial charge in [0.2, 0.25) is 0 Å². The first-order valence-corrected chi connectivity index (χ1v) is 9.72. The molecule has 7 heteroatoms. The number of halogens is 1. The third-order valence-corrected chi connectivity index (χ3v) is 5.18. The number of methoxy groups -OCH3 is 1. The van der Waals surface area contributed by atoms with E-state index < -0.39 is 0 Å². The van der Waals surface area contributed by atoms with Crippen LogP contribution in [-0.4, -0.2) is 74.8 Å². The Labute approximate surface area is 180 Å². The summed E-state index contributed by atoms with van der Waals surface area (Å²) in [4.78, 5) is 9.90. The Morgan fingerprint density at radius 2 is 1.96 bits per heavy atom. The molecule has 2 heterocycles. The monoisotopic (exact) mass is 488 g/mol. The molecule has 27 heavy (non-hydrogen) atoms. The fourth-order valence-electron chi connectivity index (χ4n) is 3.77. The normalized spacial score (nSPS) is 21.2. The van der Waals surface area contributed by atoms with Crippen LogP contribution in [0.3, 0.4) is 0 Å². The molecule has 0 aliphatic carbocycles. The Hall–Kier alpha value is -0.900. The van der Waals surface area contributed by atoms with Crippen LogP contribution in [-0.2, 0) is 22.6 Å². The van der Waals surface area contributed by atoms with Gasteiger partial charge in [-0.3, -0.25) is 4.90 Å². The van der Waals surface area contributed by atoms with Crippen LogP contribution in [0.4, 0.5) is 0 Å². The Balaban J connectivity index is 0.00000261. The van der Waals surface area contributed by atoms with Crippen LogP contribution in [0.1, 0.15) is 24.5 Å². The molecule has 0 bridgehead atoms. The second-order valence-electron chi connectivity index (χ2n) is 6.91. The van der Waals surface area contributed by atoms with Crippen molar-refractivity contribution in [3.05, 3.63) is 35.4 Å². The molecule has 1 N–H and O–H groups in total. The second-order valence-corrected chi connectivity index (χ2v) is 6.91. The number of nitrogens with zero attached hydrogens (tertiary/aromatic N) is 3. The van der Waals surface area contributed by atoms with E-state index in [1.807, 2.05) is 0 Å². The number of hydrogen-bond acceptors (Lipinski definition) is 4. The van der Waals surface area contributed by atoms with E-state index in [1.54, 1.807) is 7.11 Å². The maximum absolute atomic E-state index is 5.49. The molecule has 0 amide bonds. The van der Waals surface area contributed by atoms with Crippen molar-refractivity contribution in [3.63, 3.8) is 0 Å². The Bertz CT molecular complexity index is 593. The molecule has 0 aromatic heterocycles. The molecule has 3 rings (SSSR count). The van der Waals surface area contributed by atoms with Crippen molar-refractivity contribution in [2.24, 2.45) is 4.99 Å². The molecule has 152 valence electrons. The summed E-state index contributed by atoms with van der Waals surface area (Å²) in [7, 11) is 1.74. The van der Waals surface area contributed by atoms with Crippen molar-refractivity contribution < 1.29 is 9.47 Å². The van der Waals surface area contributed by atoms with Crippen LogP contribution in [0.2, 0.25) is 0 Å². The fourth-order valence-corrected chi connectivity index (χ4v) is 3.77. The third kappa shape index (κ3) is 6.30. The summed E-state index contributed by atoms with van der Waals surface area (Å²) in [6.07, 6.45) is 1.20. The van der Waals surface area contributed by atoms with Crippen molar-refractivity contribution in [1.29, 1.82) is 0 Å². The van der Waals surface area contributed by atoms with E-state index >= 15 is 0 Å². The van der Waals surface area contributed by atoms with E-state index in [2.05, 4.69) is 46.3 Å². The molecule has 1 atom stereocenters. The number of rotatable bonds is 6. The maximum Gasteiger partial charge on any atom is 0.194 e. The Morgan fingerprint density at radius 3 is 2.67 bits per heavy atom. The standard InChI is InChI=1S/C20H32N4O2.HI/c1-3-21-20(22-14-17-6-4-5-7-18(17)16-25-2)24-9-8-19(15-24)23-10-12-26-13-11-23;/h4-7,19H,3,8-16H2,1-2H3,(H,21,22);1H. The van der Waals surface area contributed by atoms with Crippen molar-refractivity contribution in [2.45, 2.75) is 32.5 Å². The molecule has 2 fully saturated rings. The van der Waals surface area contributed by atoms with Gasteiger partial charge in [0.1, 0.15) is 0 Å². The first kappa shape index (κ1) is 22.4. The fraction of sp³-hybridized carbons (Fsp3) is 0.650. The van der Waals surface area contributed by atoms with E-state index in [-0.39, 0.29) is 24.0 Å². The summed E-state index contributed by atoms with van der Waals surface area (Å²) in [5.41, 5.74) is 2.44. The summed E-state index contributed by atoms with van der Waals surface area (Å²) in [5.74, 6) is 1.02. The predicted molar refractivity (Wildman–Crippen MR) is 120 cm³/mol. The highest BCUT2D eigenvalue weighted by molar-refractivity contribution is 14.0. The molecule has 0 spiro atoms. The van der Waals surface area contributed by atoms with Gasteiger partial charge in [0.05, 0.1) is 26.4 Å². The molecule has 2 aliphatic rings. The lowest BCUT2D eigenvalue weighted by molar-refractivity contribution is 0.0195. The number of likely N-dealkylation sites (tertiary alicyclic amines) is 1. The quantitative estimate of drug-likeness (QED) is 0.379. The zero-order chi connectivity index (χ0) is 18.2. The van der Waals surface area contributed by atoms with Crippen LogP contribution >= 0.6 is 24.0 Å². The predicted octanol–water partition coefficient (Wildman–Crippen LogP) is 2.32. The molecule has 0 radical (unpaired) electrons. The third-order valence-electron chi connectivity index (χ3n) is 5.18. The van der Waals surface area contributed by atoms with Crippen molar-refractivity contribution in [1.82, 2.24) is 15.1 Å². The van der Waals surface area contributed by atoms with Gasteiger partial charge >= 0.3 is 0 Å². The smallest absolute Gasteiger partial charge is 0.194 e. The zero-order valence-corrected chi connectivity index (χ0v) is 18.9. The average molecular weight is 488 g/mol. The summed E-state index contributed by atoms with van der Waals surface area (Å²) >= 11 is 0. The number of hydrogen-bond donors (Lipinski definition) is 1. The highest BCUT2D eigenvalue weighted by atomic mass is 127. The number of morpholine rings is 1. The number of ether oxygens (including phenoxy) is 2. The molecule has 6 nitrogen and oxygen atoms in total. The SMILES string of the molecule is CCNC(=NCc1ccccc1COC)N1CCC(N2CCOCC2)C1.I. The van der Waals surface area contributed by atoms with Gasteiger partial charge in [0, 0.05) is 45.9 Å². The topological polar surface area (TPSA) is 49.3 Å². The lowest BCUT2D eigenvalue weighted by atomic mass is 10.1. The first-order chi connectivity index (χ1) is 12.8. The van der Waals surface area contributed by atoms with Gasteiger partial charge in [0.15, 0.2) is 5.96 Å². The number of nitrogens with one attached hydrogen (secondary N) is 1. The highest BCUT2D eigenvalue weighted by Gasteiger charge is 2.30. The lowest BCUT2D eigenvalue weighted by Gasteiger charge is -2.32. The minimum Gasteiger partial charge on any atom is -0.380 e. The first-order valence-electron chi connectivity index (χ1n) is 9.72. The number of benzene rings is 1. The second kappa shape index (κ2) is 11.8. The van der Waals surface area contributed by atoms with Crippen LogP contribution in [0.25, 0.3) is 0 Å². The van der Waals surface area contributed by atoms with Crippen LogP contribution in [0.5, 0.6) is 0 Å². The largest absolute Gasteiger partial charge is 0.380 e. The summed E-state index contributed by atoms with van der Waals surface area (Å²) in [5, 5.41) is 3.47. The van der Waals surface area contributed by atoms with Crippen molar-refractivity contribution >= 4 is 29.9 Å². The summed E-state index contributed by atoms with van der Waals surface area (Å²) in [6.45, 7) is 10.3. The van der Waals surface area contributed by atoms with Crippen LogP contribution in [0, 0.1) is 0 Å². The minimum absolute atomic E-state index is 0. The van der Waals surface area contributed by atoms with Crippen LogP contribution < -0.4 is 5.32 Å². The maximum atomic E-state index is 5.49. The molecule has 1 aromatic carbocycles. The molecule has 1 aromatic rings. The lowest BCUT2D eigenvalue weighted by Crippen LogP contribution is -2.46. The van der Waals surface area contributed by atoms with Gasteiger partial charge in [-0.1, -0.05) is 24.3 Å². The Kier molecular flexibility index (Phi) is 9.81. The van der Waals surface area contributed by atoms with E-state index in [0.717, 1.165) is 51.9 Å². The molecular weight excluding hydrogens is 455 g/mol. The van der Waals surface area contributed by atoms with Gasteiger partial charge in [-0.05, 0) is 24.5 Å². The summed E-state index contributed by atoms with van der Waals surface area (Å²) < 4.78 is 10.8. The van der Waals surface area contributed by atoms with Gasteiger partial charge < -0.3 is 19.7 Å². The number of guanidine groups is 1. The molecule has 1 unspecified atom stereocenters. The van der Waals surface area contributed by atoms with Gasteiger partial charge in [0.25, 0.3) is 0 Å². The Morgan fingerprint density at radius 1 is 1.22 bits per heavy atom. The number of aliphatic imine (C=N–C) groups is 1. The van der Waals surface area contributed by atoms with E-state index in [1.165, 1.54) is 17.5 Å².